The van der Waals surface area contributed by atoms with Crippen LogP contribution in [0.2, 0.25) is 0 Å². The van der Waals surface area contributed by atoms with Crippen LogP contribution in [-0.4, -0.2) is 41.6 Å². The normalized spacial score (nSPS) is 26.5. The Hall–Kier alpha value is -1.26. The molecule has 0 spiro atoms. The van der Waals surface area contributed by atoms with Gasteiger partial charge in [-0.05, 0) is 25.2 Å². The van der Waals surface area contributed by atoms with Crippen molar-refractivity contribution >= 4 is 12.0 Å². The molecule has 19 heavy (non-hydrogen) atoms. The van der Waals surface area contributed by atoms with Crippen molar-refractivity contribution in [2.24, 2.45) is 11.3 Å². The Morgan fingerprint density at radius 2 is 2.16 bits per heavy atom. The zero-order valence-corrected chi connectivity index (χ0v) is 11.7. The second-order valence-corrected chi connectivity index (χ2v) is 5.97. The second-order valence-electron chi connectivity index (χ2n) is 5.97. The van der Waals surface area contributed by atoms with Crippen molar-refractivity contribution in [2.75, 3.05) is 19.6 Å². The van der Waals surface area contributed by atoms with Crippen LogP contribution in [0.3, 0.4) is 0 Å². The van der Waals surface area contributed by atoms with Crippen molar-refractivity contribution in [1.29, 1.82) is 0 Å². The first-order chi connectivity index (χ1) is 9.07. The number of hydrogen-bond acceptors (Lipinski definition) is 2. The molecule has 5 nitrogen and oxygen atoms in total. The smallest absolute Gasteiger partial charge is 0.317 e. The molecule has 0 aromatic carbocycles. The van der Waals surface area contributed by atoms with Gasteiger partial charge in [-0.1, -0.05) is 26.2 Å². The minimum absolute atomic E-state index is 0.0973. The Kier molecular flexibility index (Phi) is 4.32. The third kappa shape index (κ3) is 3.39. The zero-order valence-electron chi connectivity index (χ0n) is 11.7. The highest BCUT2D eigenvalue weighted by molar-refractivity contribution is 5.79. The van der Waals surface area contributed by atoms with Crippen LogP contribution in [0.25, 0.3) is 0 Å². The lowest BCUT2D eigenvalue weighted by atomic mass is 9.83. The molecule has 1 saturated heterocycles. The number of aliphatic carboxylic acids is 1. The van der Waals surface area contributed by atoms with Crippen LogP contribution in [-0.2, 0) is 4.79 Å². The summed E-state index contributed by atoms with van der Waals surface area (Å²) < 4.78 is 0. The van der Waals surface area contributed by atoms with Crippen LogP contribution in [0.4, 0.5) is 4.79 Å². The van der Waals surface area contributed by atoms with Gasteiger partial charge in [-0.3, -0.25) is 4.79 Å². The van der Waals surface area contributed by atoms with Gasteiger partial charge >= 0.3 is 12.0 Å². The monoisotopic (exact) mass is 268 g/mol. The summed E-state index contributed by atoms with van der Waals surface area (Å²) in [6.07, 6.45) is 5.69. The third-order valence-electron chi connectivity index (χ3n) is 4.35. The van der Waals surface area contributed by atoms with E-state index >= 15 is 0 Å². The van der Waals surface area contributed by atoms with Gasteiger partial charge in [-0.2, -0.15) is 0 Å². The maximum atomic E-state index is 12.0. The number of rotatable bonds is 6. The molecule has 0 bridgehead atoms. The molecule has 1 aliphatic heterocycles. The Labute approximate surface area is 114 Å². The summed E-state index contributed by atoms with van der Waals surface area (Å²) in [5.74, 6) is 0.0414. The Balaban J connectivity index is 1.81. The number of carbonyl (C=O) groups excluding carboxylic acids is 1. The molecule has 5 heteroatoms. The lowest BCUT2D eigenvalue weighted by Crippen LogP contribution is -2.42. The minimum atomic E-state index is -0.761. The predicted octanol–water partition coefficient (Wildman–Crippen LogP) is 2.07. The molecule has 1 unspecified atom stereocenters. The van der Waals surface area contributed by atoms with E-state index in [2.05, 4.69) is 5.32 Å². The molecule has 0 aromatic heterocycles. The number of carboxylic acid groups (broad SMARTS) is 1. The summed E-state index contributed by atoms with van der Waals surface area (Å²) in [5.41, 5.74) is -0.720. The molecule has 2 rings (SSSR count). The molecule has 1 aliphatic carbocycles. The predicted molar refractivity (Wildman–Crippen MR) is 71.9 cm³/mol. The summed E-state index contributed by atoms with van der Waals surface area (Å²) in [6.45, 7) is 3.61. The molecule has 0 aromatic rings. The average molecular weight is 268 g/mol. The average Bonchev–Trinajstić information content (AvgIpc) is 3.08. The van der Waals surface area contributed by atoms with Gasteiger partial charge < -0.3 is 15.3 Å². The van der Waals surface area contributed by atoms with E-state index in [4.69, 9.17) is 0 Å². The van der Waals surface area contributed by atoms with Crippen LogP contribution in [0.1, 0.15) is 45.4 Å². The number of carboxylic acids is 1. The van der Waals surface area contributed by atoms with E-state index in [0.717, 1.165) is 18.8 Å². The van der Waals surface area contributed by atoms with E-state index < -0.39 is 11.4 Å². The maximum absolute atomic E-state index is 12.0. The van der Waals surface area contributed by atoms with Gasteiger partial charge in [0, 0.05) is 19.6 Å². The first-order valence-electron chi connectivity index (χ1n) is 7.33. The van der Waals surface area contributed by atoms with E-state index in [1.807, 2.05) is 6.92 Å². The maximum Gasteiger partial charge on any atom is 0.317 e. The molecule has 108 valence electrons. The Morgan fingerprint density at radius 1 is 1.42 bits per heavy atom. The standard InChI is InChI=1S/C14H24N2O3/c1-2-6-14(12(17)18)7-9-16(10-14)13(19)15-8-5-11-3-4-11/h11H,2-10H2,1H3,(H,15,19)(H,17,18). The summed E-state index contributed by atoms with van der Waals surface area (Å²) in [5, 5.41) is 12.3. The quantitative estimate of drug-likeness (QED) is 0.774. The molecular weight excluding hydrogens is 244 g/mol. The molecule has 2 N–H and O–H groups in total. The highest BCUT2D eigenvalue weighted by atomic mass is 16.4. The topological polar surface area (TPSA) is 69.6 Å². The molecule has 1 saturated carbocycles. The van der Waals surface area contributed by atoms with Crippen LogP contribution >= 0.6 is 0 Å². The molecule has 2 fully saturated rings. The van der Waals surface area contributed by atoms with Crippen molar-refractivity contribution in [3.8, 4) is 0 Å². The number of carbonyl (C=O) groups is 2. The highest BCUT2D eigenvalue weighted by Crippen LogP contribution is 2.35. The van der Waals surface area contributed by atoms with Gasteiger partial charge in [0.25, 0.3) is 0 Å². The van der Waals surface area contributed by atoms with Gasteiger partial charge in [-0.25, -0.2) is 4.79 Å². The van der Waals surface area contributed by atoms with Crippen LogP contribution in [0.5, 0.6) is 0 Å². The fourth-order valence-electron chi connectivity index (χ4n) is 2.91. The number of likely N-dealkylation sites (tertiary alicyclic amines) is 1. The van der Waals surface area contributed by atoms with Crippen LogP contribution < -0.4 is 5.32 Å². The Morgan fingerprint density at radius 3 is 2.74 bits per heavy atom. The summed E-state index contributed by atoms with van der Waals surface area (Å²) in [6, 6.07) is -0.0973. The summed E-state index contributed by atoms with van der Waals surface area (Å²) in [4.78, 5) is 25.1. The lowest BCUT2D eigenvalue weighted by molar-refractivity contribution is -0.148. The van der Waals surface area contributed by atoms with Crippen molar-refractivity contribution in [1.82, 2.24) is 10.2 Å². The van der Waals surface area contributed by atoms with E-state index in [0.29, 0.717) is 32.5 Å². The van der Waals surface area contributed by atoms with Gasteiger partial charge in [0.2, 0.25) is 0 Å². The molecule has 1 atom stereocenters. The molecule has 2 amide bonds. The third-order valence-corrected chi connectivity index (χ3v) is 4.35. The number of amides is 2. The Bertz CT molecular complexity index is 355. The SMILES string of the molecule is CCCC1(C(=O)O)CCN(C(=O)NCCC2CC2)C1. The fourth-order valence-corrected chi connectivity index (χ4v) is 2.91. The van der Waals surface area contributed by atoms with E-state index in [1.165, 1.54) is 12.8 Å². The molecule has 2 aliphatic rings. The van der Waals surface area contributed by atoms with Crippen LogP contribution in [0, 0.1) is 11.3 Å². The molecule has 1 heterocycles. The lowest BCUT2D eigenvalue weighted by Gasteiger charge is -2.24. The van der Waals surface area contributed by atoms with Gasteiger partial charge in [0.05, 0.1) is 5.41 Å². The summed E-state index contributed by atoms with van der Waals surface area (Å²) >= 11 is 0. The largest absolute Gasteiger partial charge is 0.481 e. The number of nitrogens with one attached hydrogen (secondary N) is 1. The van der Waals surface area contributed by atoms with E-state index in [9.17, 15) is 14.7 Å². The van der Waals surface area contributed by atoms with Crippen molar-refractivity contribution in [3.63, 3.8) is 0 Å². The molecular formula is C14H24N2O3. The number of hydrogen-bond donors (Lipinski definition) is 2. The van der Waals surface area contributed by atoms with Gasteiger partial charge in [0.15, 0.2) is 0 Å². The first-order valence-corrected chi connectivity index (χ1v) is 7.33. The highest BCUT2D eigenvalue weighted by Gasteiger charge is 2.45. The van der Waals surface area contributed by atoms with E-state index in [1.54, 1.807) is 4.90 Å². The van der Waals surface area contributed by atoms with Crippen molar-refractivity contribution in [3.05, 3.63) is 0 Å². The fraction of sp³-hybridized carbons (Fsp3) is 0.857. The summed E-state index contributed by atoms with van der Waals surface area (Å²) in [7, 11) is 0. The van der Waals surface area contributed by atoms with Gasteiger partial charge in [0.1, 0.15) is 0 Å². The van der Waals surface area contributed by atoms with E-state index in [-0.39, 0.29) is 6.03 Å². The van der Waals surface area contributed by atoms with Gasteiger partial charge in [-0.15, -0.1) is 0 Å². The van der Waals surface area contributed by atoms with Crippen molar-refractivity contribution in [2.45, 2.75) is 45.4 Å². The minimum Gasteiger partial charge on any atom is -0.481 e. The number of urea groups is 1. The second kappa shape index (κ2) is 5.80. The van der Waals surface area contributed by atoms with Crippen molar-refractivity contribution < 1.29 is 14.7 Å². The first kappa shape index (κ1) is 14.2. The zero-order chi connectivity index (χ0) is 13.9. The van der Waals surface area contributed by atoms with Crippen LogP contribution in [0.15, 0.2) is 0 Å². The number of nitrogens with zero attached hydrogens (tertiary/aromatic N) is 1. The molecule has 0 radical (unpaired) electrons.